The summed E-state index contributed by atoms with van der Waals surface area (Å²) in [5.74, 6) is 0. The topological polar surface area (TPSA) is 0 Å². The lowest BCUT2D eigenvalue weighted by Crippen LogP contribution is -2.10. The van der Waals surface area contributed by atoms with E-state index in [1.807, 2.05) is 6.92 Å². The van der Waals surface area contributed by atoms with Crippen LogP contribution in [0.15, 0.2) is 34.1 Å². The average molecular weight is 370 g/mol. The van der Waals surface area contributed by atoms with Crippen molar-refractivity contribution in [1.29, 1.82) is 0 Å². The number of halogens is 5. The molecule has 1 aromatic carbocycles. The van der Waals surface area contributed by atoms with Gasteiger partial charge in [0.05, 0.1) is 14.7 Å². The summed E-state index contributed by atoms with van der Waals surface area (Å²) in [6.07, 6.45) is -4.40. The molecule has 1 unspecified atom stereocenters. The van der Waals surface area contributed by atoms with Crippen molar-refractivity contribution in [2.75, 3.05) is 0 Å². The molecular formula is C13H9BrClF3S. The molecule has 0 bridgehead atoms. The average Bonchev–Trinajstić information content (AvgIpc) is 2.66. The molecule has 0 saturated carbocycles. The lowest BCUT2D eigenvalue weighted by Gasteiger charge is -2.16. The van der Waals surface area contributed by atoms with Gasteiger partial charge < -0.3 is 0 Å². The number of thiophene rings is 1. The van der Waals surface area contributed by atoms with Gasteiger partial charge in [0.25, 0.3) is 0 Å². The van der Waals surface area contributed by atoms with Gasteiger partial charge in [-0.3, -0.25) is 0 Å². The van der Waals surface area contributed by atoms with Crippen LogP contribution in [-0.4, -0.2) is 0 Å². The van der Waals surface area contributed by atoms with Crippen molar-refractivity contribution >= 4 is 38.9 Å². The quantitative estimate of drug-likeness (QED) is 0.556. The number of aryl methyl sites for hydroxylation is 1. The maximum atomic E-state index is 13.0. The standard InChI is InChI=1S/C13H9BrClF3S/c1-7-9(6-11(14)19-7)12(15)8-4-2-3-5-10(8)13(16,17)18/h2-6,12H,1H3. The summed E-state index contributed by atoms with van der Waals surface area (Å²) in [4.78, 5) is 0.906. The second-order valence-corrected chi connectivity index (χ2v) is 7.08. The fourth-order valence-corrected chi connectivity index (χ4v) is 4.08. The Morgan fingerprint density at radius 3 is 2.37 bits per heavy atom. The van der Waals surface area contributed by atoms with Crippen LogP contribution in [-0.2, 0) is 6.18 Å². The summed E-state index contributed by atoms with van der Waals surface area (Å²) in [7, 11) is 0. The molecule has 0 aliphatic carbocycles. The molecule has 0 aliphatic heterocycles. The molecule has 0 spiro atoms. The summed E-state index contributed by atoms with van der Waals surface area (Å²) < 4.78 is 39.8. The Kier molecular flexibility index (Phi) is 4.28. The van der Waals surface area contributed by atoms with Crippen molar-refractivity contribution in [2.24, 2.45) is 0 Å². The molecule has 0 saturated heterocycles. The van der Waals surface area contributed by atoms with Crippen LogP contribution in [0.25, 0.3) is 0 Å². The van der Waals surface area contributed by atoms with Crippen LogP contribution in [0, 0.1) is 6.92 Å². The molecule has 1 heterocycles. The first kappa shape index (κ1) is 14.9. The van der Waals surface area contributed by atoms with Gasteiger partial charge in [0.2, 0.25) is 0 Å². The fourth-order valence-electron chi connectivity index (χ4n) is 1.85. The van der Waals surface area contributed by atoms with Gasteiger partial charge in [-0.05, 0) is 46.1 Å². The Morgan fingerprint density at radius 2 is 1.84 bits per heavy atom. The van der Waals surface area contributed by atoms with Crippen molar-refractivity contribution in [3.63, 3.8) is 0 Å². The summed E-state index contributed by atoms with van der Waals surface area (Å²) in [6.45, 7) is 1.84. The second-order valence-electron chi connectivity index (χ2n) is 4.01. The van der Waals surface area contributed by atoms with Crippen LogP contribution in [0.2, 0.25) is 0 Å². The maximum Gasteiger partial charge on any atom is 0.416 e. The first-order chi connectivity index (χ1) is 8.80. The van der Waals surface area contributed by atoms with Crippen LogP contribution in [0.4, 0.5) is 13.2 Å². The van der Waals surface area contributed by atoms with Gasteiger partial charge in [-0.2, -0.15) is 13.2 Å². The molecule has 19 heavy (non-hydrogen) atoms. The number of benzene rings is 1. The van der Waals surface area contributed by atoms with Crippen LogP contribution in [0.3, 0.4) is 0 Å². The van der Waals surface area contributed by atoms with Crippen molar-refractivity contribution in [2.45, 2.75) is 18.5 Å². The zero-order chi connectivity index (χ0) is 14.2. The highest BCUT2D eigenvalue weighted by Gasteiger charge is 2.35. The molecule has 0 amide bonds. The summed E-state index contributed by atoms with van der Waals surface area (Å²) in [5.41, 5.74) is 0.108. The maximum absolute atomic E-state index is 13.0. The first-order valence-electron chi connectivity index (χ1n) is 5.36. The van der Waals surface area contributed by atoms with E-state index in [9.17, 15) is 13.2 Å². The minimum atomic E-state index is -4.40. The van der Waals surface area contributed by atoms with Crippen LogP contribution in [0.5, 0.6) is 0 Å². The predicted octanol–water partition coefficient (Wildman–Crippen LogP) is 6.17. The Labute approximate surface area is 126 Å². The number of hydrogen-bond donors (Lipinski definition) is 0. The summed E-state index contributed by atoms with van der Waals surface area (Å²) in [5, 5.41) is -0.805. The van der Waals surface area contributed by atoms with Crippen LogP contribution >= 0.6 is 38.9 Å². The third-order valence-electron chi connectivity index (χ3n) is 2.74. The van der Waals surface area contributed by atoms with E-state index in [1.54, 1.807) is 12.1 Å². The third kappa shape index (κ3) is 3.15. The zero-order valence-corrected chi connectivity index (χ0v) is 12.9. The Morgan fingerprint density at radius 1 is 1.21 bits per heavy atom. The van der Waals surface area contributed by atoms with Gasteiger partial charge in [0.15, 0.2) is 0 Å². The molecule has 0 radical (unpaired) electrons. The largest absolute Gasteiger partial charge is 0.416 e. The minimum Gasteiger partial charge on any atom is -0.166 e. The molecule has 1 aromatic heterocycles. The number of alkyl halides is 4. The monoisotopic (exact) mass is 368 g/mol. The fraction of sp³-hybridized carbons (Fsp3) is 0.231. The predicted molar refractivity (Wildman–Crippen MR) is 75.9 cm³/mol. The molecule has 0 nitrogen and oxygen atoms in total. The van der Waals surface area contributed by atoms with Gasteiger partial charge in [-0.1, -0.05) is 18.2 Å². The van der Waals surface area contributed by atoms with Gasteiger partial charge >= 0.3 is 6.18 Å². The molecule has 2 aromatic rings. The van der Waals surface area contributed by atoms with E-state index in [0.29, 0.717) is 5.56 Å². The molecular weight excluding hydrogens is 361 g/mol. The molecule has 102 valence electrons. The first-order valence-corrected chi connectivity index (χ1v) is 7.41. The Balaban J connectivity index is 2.50. The molecule has 2 rings (SSSR count). The van der Waals surface area contributed by atoms with Gasteiger partial charge in [-0.25, -0.2) is 0 Å². The van der Waals surface area contributed by atoms with E-state index in [0.717, 1.165) is 14.7 Å². The lowest BCUT2D eigenvalue weighted by molar-refractivity contribution is -0.138. The van der Waals surface area contributed by atoms with E-state index in [-0.39, 0.29) is 5.56 Å². The summed E-state index contributed by atoms with van der Waals surface area (Å²) >= 11 is 11.0. The van der Waals surface area contributed by atoms with Crippen molar-refractivity contribution in [3.05, 3.63) is 55.7 Å². The third-order valence-corrected chi connectivity index (χ3v) is 4.78. The van der Waals surface area contributed by atoms with Crippen molar-refractivity contribution in [3.8, 4) is 0 Å². The normalized spacial score (nSPS) is 13.6. The van der Waals surface area contributed by atoms with E-state index < -0.39 is 17.1 Å². The Hall–Kier alpha value is -0.520. The number of rotatable bonds is 2. The summed E-state index contributed by atoms with van der Waals surface area (Å²) in [6, 6.07) is 7.18. The molecule has 0 N–H and O–H groups in total. The SMILES string of the molecule is Cc1sc(Br)cc1C(Cl)c1ccccc1C(F)(F)F. The van der Waals surface area contributed by atoms with E-state index in [2.05, 4.69) is 15.9 Å². The van der Waals surface area contributed by atoms with E-state index in [4.69, 9.17) is 11.6 Å². The van der Waals surface area contributed by atoms with Gasteiger partial charge in [0, 0.05) is 4.88 Å². The van der Waals surface area contributed by atoms with Gasteiger partial charge in [0.1, 0.15) is 0 Å². The highest BCUT2D eigenvalue weighted by Crippen LogP contribution is 2.42. The highest BCUT2D eigenvalue weighted by molar-refractivity contribution is 9.11. The van der Waals surface area contributed by atoms with Crippen LogP contribution in [0.1, 0.15) is 26.9 Å². The molecule has 0 aliphatic rings. The molecule has 0 fully saturated rings. The van der Waals surface area contributed by atoms with Crippen LogP contribution < -0.4 is 0 Å². The Bertz CT molecular complexity index is 592. The zero-order valence-electron chi connectivity index (χ0n) is 9.76. The van der Waals surface area contributed by atoms with Crippen molar-refractivity contribution in [1.82, 2.24) is 0 Å². The van der Waals surface area contributed by atoms with E-state index in [1.165, 1.54) is 23.5 Å². The van der Waals surface area contributed by atoms with Crippen molar-refractivity contribution < 1.29 is 13.2 Å². The smallest absolute Gasteiger partial charge is 0.166 e. The lowest BCUT2D eigenvalue weighted by atomic mass is 9.99. The second kappa shape index (κ2) is 5.46. The number of hydrogen-bond acceptors (Lipinski definition) is 1. The minimum absolute atomic E-state index is 0.0880. The van der Waals surface area contributed by atoms with Gasteiger partial charge in [-0.15, -0.1) is 22.9 Å². The highest BCUT2D eigenvalue weighted by atomic mass is 79.9. The molecule has 1 atom stereocenters. The van der Waals surface area contributed by atoms with E-state index >= 15 is 0 Å². The molecule has 6 heteroatoms.